The van der Waals surface area contributed by atoms with Gasteiger partial charge in [0.25, 0.3) is 0 Å². The van der Waals surface area contributed by atoms with Crippen LogP contribution in [0.4, 0.5) is 0 Å². The van der Waals surface area contributed by atoms with E-state index in [4.69, 9.17) is 4.52 Å². The Hall–Kier alpha value is -2.17. The van der Waals surface area contributed by atoms with Crippen molar-refractivity contribution in [1.82, 2.24) is 15.5 Å². The van der Waals surface area contributed by atoms with Crippen LogP contribution in [0, 0.1) is 17.8 Å². The molecule has 5 heteroatoms. The van der Waals surface area contributed by atoms with Crippen LogP contribution in [0.5, 0.6) is 0 Å². The molecule has 0 saturated heterocycles. The summed E-state index contributed by atoms with van der Waals surface area (Å²) in [5, 5.41) is 7.22. The molecule has 2 bridgehead atoms. The molecule has 1 aromatic carbocycles. The molecule has 2 aliphatic carbocycles. The van der Waals surface area contributed by atoms with Crippen molar-refractivity contribution in [2.75, 3.05) is 6.54 Å². The second-order valence-electron chi connectivity index (χ2n) is 7.00. The monoisotopic (exact) mass is 325 g/mol. The zero-order valence-electron chi connectivity index (χ0n) is 13.9. The van der Waals surface area contributed by atoms with Gasteiger partial charge in [0.05, 0.1) is 11.8 Å². The summed E-state index contributed by atoms with van der Waals surface area (Å²) in [6.07, 6.45) is 4.37. The van der Waals surface area contributed by atoms with E-state index in [0.717, 1.165) is 37.8 Å². The maximum atomic E-state index is 12.7. The molecule has 4 atom stereocenters. The molecule has 4 rings (SSSR count). The van der Waals surface area contributed by atoms with Gasteiger partial charge in [-0.05, 0) is 37.5 Å². The van der Waals surface area contributed by atoms with Gasteiger partial charge in [-0.2, -0.15) is 4.98 Å². The second kappa shape index (κ2) is 6.38. The van der Waals surface area contributed by atoms with Crippen LogP contribution in [0.1, 0.15) is 44.4 Å². The van der Waals surface area contributed by atoms with E-state index in [1.165, 1.54) is 0 Å². The minimum absolute atomic E-state index is 0.0145. The molecular weight excluding hydrogens is 302 g/mol. The van der Waals surface area contributed by atoms with Crippen molar-refractivity contribution >= 4 is 5.91 Å². The molecular formula is C19H23N3O2. The maximum Gasteiger partial charge on any atom is 0.231 e. The van der Waals surface area contributed by atoms with Crippen molar-refractivity contribution in [3.63, 3.8) is 0 Å². The summed E-state index contributed by atoms with van der Waals surface area (Å²) in [6, 6.07) is 9.84. The number of nitrogens with zero attached hydrogens (tertiary/aromatic N) is 2. The Balaban J connectivity index is 1.60. The van der Waals surface area contributed by atoms with E-state index in [9.17, 15) is 4.79 Å². The summed E-state index contributed by atoms with van der Waals surface area (Å²) in [7, 11) is 0. The van der Waals surface area contributed by atoms with Crippen molar-refractivity contribution < 1.29 is 9.32 Å². The van der Waals surface area contributed by atoms with E-state index in [1.54, 1.807) is 0 Å². The van der Waals surface area contributed by atoms with E-state index >= 15 is 0 Å². The van der Waals surface area contributed by atoms with Gasteiger partial charge in [-0.25, -0.2) is 0 Å². The number of benzene rings is 1. The van der Waals surface area contributed by atoms with Crippen molar-refractivity contribution in [1.29, 1.82) is 0 Å². The van der Waals surface area contributed by atoms with Crippen molar-refractivity contribution in [3.05, 3.63) is 36.2 Å². The fourth-order valence-corrected chi connectivity index (χ4v) is 4.47. The molecule has 1 amide bonds. The summed E-state index contributed by atoms with van der Waals surface area (Å²) in [4.78, 5) is 17.3. The van der Waals surface area contributed by atoms with Crippen LogP contribution in [0.3, 0.4) is 0 Å². The van der Waals surface area contributed by atoms with Crippen LogP contribution in [-0.4, -0.2) is 22.6 Å². The van der Waals surface area contributed by atoms with Crippen LogP contribution >= 0.6 is 0 Å². The number of fused-ring (bicyclic) bond motifs is 2. The summed E-state index contributed by atoms with van der Waals surface area (Å²) >= 11 is 0. The molecule has 24 heavy (non-hydrogen) atoms. The third kappa shape index (κ3) is 2.62. The summed E-state index contributed by atoms with van der Waals surface area (Å²) in [5.41, 5.74) is 0.947. The molecule has 2 fully saturated rings. The molecule has 5 nitrogen and oxygen atoms in total. The Bertz CT molecular complexity index is 712. The minimum atomic E-state index is -0.0145. The fraction of sp³-hybridized carbons (Fsp3) is 0.526. The molecule has 126 valence electrons. The number of amides is 1. The maximum absolute atomic E-state index is 12.7. The van der Waals surface area contributed by atoms with E-state index in [-0.39, 0.29) is 17.7 Å². The minimum Gasteiger partial charge on any atom is -0.356 e. The Labute approximate surface area is 141 Å². The number of hydrogen-bond acceptors (Lipinski definition) is 4. The molecule has 1 N–H and O–H groups in total. The third-order valence-electron chi connectivity index (χ3n) is 5.53. The van der Waals surface area contributed by atoms with Gasteiger partial charge in [0, 0.05) is 12.1 Å². The second-order valence-corrected chi connectivity index (χ2v) is 7.00. The topological polar surface area (TPSA) is 68.0 Å². The van der Waals surface area contributed by atoms with Gasteiger partial charge >= 0.3 is 0 Å². The molecule has 0 radical (unpaired) electrons. The number of aromatic nitrogens is 2. The van der Waals surface area contributed by atoms with Gasteiger partial charge in [-0.1, -0.05) is 42.4 Å². The number of nitrogens with one attached hydrogen (secondary N) is 1. The smallest absolute Gasteiger partial charge is 0.231 e. The Morgan fingerprint density at radius 2 is 2.04 bits per heavy atom. The lowest BCUT2D eigenvalue weighted by molar-refractivity contribution is -0.127. The predicted molar refractivity (Wildman–Crippen MR) is 90.1 cm³/mol. The molecule has 1 aromatic heterocycles. The summed E-state index contributed by atoms with van der Waals surface area (Å²) in [6.45, 7) is 2.81. The van der Waals surface area contributed by atoms with Gasteiger partial charge in [0.15, 0.2) is 0 Å². The highest BCUT2D eigenvalue weighted by atomic mass is 16.5. The fourth-order valence-electron chi connectivity index (χ4n) is 4.47. The Morgan fingerprint density at radius 1 is 1.25 bits per heavy atom. The Kier molecular flexibility index (Phi) is 4.08. The SMILES string of the molecule is CCCNC(=O)[C@H]1[C@H]2CC[C@H](C2)[C@@H]1c1nc(-c2ccccc2)no1. The van der Waals surface area contributed by atoms with Crippen molar-refractivity contribution in [2.24, 2.45) is 17.8 Å². The lowest BCUT2D eigenvalue weighted by Gasteiger charge is -2.27. The van der Waals surface area contributed by atoms with Gasteiger partial charge in [-0.15, -0.1) is 0 Å². The molecule has 2 aromatic rings. The lowest BCUT2D eigenvalue weighted by atomic mass is 9.78. The third-order valence-corrected chi connectivity index (χ3v) is 5.53. The number of hydrogen-bond donors (Lipinski definition) is 1. The van der Waals surface area contributed by atoms with Gasteiger partial charge < -0.3 is 9.84 Å². The van der Waals surface area contributed by atoms with Crippen LogP contribution in [0.25, 0.3) is 11.4 Å². The van der Waals surface area contributed by atoms with Crippen molar-refractivity contribution in [3.8, 4) is 11.4 Å². The summed E-state index contributed by atoms with van der Waals surface area (Å²) < 4.78 is 5.60. The normalized spacial score (nSPS) is 28.2. The zero-order valence-corrected chi connectivity index (χ0v) is 13.9. The van der Waals surface area contributed by atoms with Gasteiger partial charge in [-0.3, -0.25) is 4.79 Å². The molecule has 2 aliphatic rings. The first-order valence-electron chi connectivity index (χ1n) is 8.94. The molecule has 0 spiro atoms. The van der Waals surface area contributed by atoms with E-state index in [1.807, 2.05) is 30.3 Å². The number of carbonyl (C=O) groups is 1. The first kappa shape index (κ1) is 15.4. The van der Waals surface area contributed by atoms with E-state index in [2.05, 4.69) is 22.4 Å². The highest BCUT2D eigenvalue weighted by Gasteiger charge is 2.53. The quantitative estimate of drug-likeness (QED) is 0.915. The van der Waals surface area contributed by atoms with E-state index < -0.39 is 0 Å². The summed E-state index contributed by atoms with van der Waals surface area (Å²) in [5.74, 6) is 2.43. The molecule has 2 saturated carbocycles. The predicted octanol–water partition coefficient (Wildman–Crippen LogP) is 3.39. The van der Waals surface area contributed by atoms with Crippen LogP contribution in [0.15, 0.2) is 34.9 Å². The average Bonchev–Trinajstić information content (AvgIpc) is 3.35. The lowest BCUT2D eigenvalue weighted by Crippen LogP contribution is -2.37. The van der Waals surface area contributed by atoms with E-state index in [0.29, 0.717) is 23.6 Å². The largest absolute Gasteiger partial charge is 0.356 e. The molecule has 0 unspecified atom stereocenters. The van der Waals surface area contributed by atoms with Crippen LogP contribution in [0.2, 0.25) is 0 Å². The first-order valence-corrected chi connectivity index (χ1v) is 8.94. The van der Waals surface area contributed by atoms with Crippen LogP contribution < -0.4 is 5.32 Å². The highest BCUT2D eigenvalue weighted by molar-refractivity contribution is 5.80. The average molecular weight is 325 g/mol. The Morgan fingerprint density at radius 3 is 2.83 bits per heavy atom. The number of carbonyl (C=O) groups excluding carboxylic acids is 1. The number of rotatable bonds is 5. The van der Waals surface area contributed by atoms with Gasteiger partial charge in [0.2, 0.25) is 17.6 Å². The zero-order chi connectivity index (χ0) is 16.5. The molecule has 1 heterocycles. The first-order chi connectivity index (χ1) is 11.8. The highest BCUT2D eigenvalue weighted by Crippen LogP contribution is 2.56. The van der Waals surface area contributed by atoms with Crippen molar-refractivity contribution in [2.45, 2.75) is 38.5 Å². The van der Waals surface area contributed by atoms with Gasteiger partial charge in [0.1, 0.15) is 0 Å². The van der Waals surface area contributed by atoms with Crippen LogP contribution in [-0.2, 0) is 4.79 Å². The standard InChI is InChI=1S/C19H23N3O2/c1-2-10-20-18(23)15-13-8-9-14(11-13)16(15)19-21-17(22-24-19)12-6-4-3-5-7-12/h3-7,13-16H,2,8-11H2,1H3,(H,20,23)/t13-,14+,15-,16-/m0/s1. The molecule has 0 aliphatic heterocycles.